The van der Waals surface area contributed by atoms with Crippen molar-refractivity contribution in [3.8, 4) is 5.75 Å². The molecule has 0 aliphatic carbocycles. The quantitative estimate of drug-likeness (QED) is 0.0127. The maximum atomic E-state index is 15.0. The van der Waals surface area contributed by atoms with Gasteiger partial charge in [-0.05, 0) is 157 Å². The number of aromatic nitrogens is 3. The van der Waals surface area contributed by atoms with E-state index in [1.807, 2.05) is 0 Å². The number of carbonyl (C=O) groups excluding carboxylic acids is 20. The van der Waals surface area contributed by atoms with Gasteiger partial charge in [0.2, 0.25) is 118 Å². The fourth-order valence-electron chi connectivity index (χ4n) is 16.2. The highest BCUT2D eigenvalue weighted by molar-refractivity contribution is 9.11. The molecule has 0 bridgehead atoms. The first-order chi connectivity index (χ1) is 70.7. The number of para-hydroxylation sites is 1. The van der Waals surface area contributed by atoms with E-state index in [0.717, 1.165) is 6.92 Å². The first kappa shape index (κ1) is 122. The Morgan fingerprint density at radius 2 is 0.946 bits per heavy atom. The number of phenolic OH excluding ortho intramolecular Hbond substituents is 1. The van der Waals surface area contributed by atoms with Crippen LogP contribution in [0.15, 0.2) is 94.4 Å². The number of nitrogens with zero attached hydrogens (tertiary/aromatic N) is 3. The lowest BCUT2D eigenvalue weighted by molar-refractivity contribution is -0.142. The Bertz CT molecular complexity index is 5510. The number of primary amides is 1. The first-order valence-corrected chi connectivity index (χ1v) is 51.0. The molecule has 20 amide bonds. The molecule has 7 rings (SSSR count). The summed E-state index contributed by atoms with van der Waals surface area (Å²) in [5.41, 5.74) is 18.6. The number of imidazole rings is 1. The number of rotatable bonds is 60. The second-order valence-corrected chi connectivity index (χ2v) is 38.9. The normalized spacial score (nSPS) is 16.3. The summed E-state index contributed by atoms with van der Waals surface area (Å²) in [5, 5.41) is 94.7. The number of carboxylic acids is 1. The van der Waals surface area contributed by atoms with Gasteiger partial charge in [-0.2, -0.15) is 25.3 Å². The number of H-pyrrole nitrogens is 2. The Balaban J connectivity index is 1.02. The van der Waals surface area contributed by atoms with Gasteiger partial charge in [0.25, 0.3) is 0 Å². The summed E-state index contributed by atoms with van der Waals surface area (Å²) < 4.78 is 0.283. The number of thiol groups is 2. The number of unbranched alkanes of at least 4 members (excludes halogenated alkanes) is 1. The van der Waals surface area contributed by atoms with Gasteiger partial charge in [0.1, 0.15) is 103 Å². The van der Waals surface area contributed by atoms with E-state index in [1.165, 1.54) is 41.4 Å². The number of hydrogen-bond acceptors (Lipinski definition) is 30. The third kappa shape index (κ3) is 38.6. The first-order valence-electron chi connectivity index (χ1n) is 48.1. The molecule has 0 radical (unpaired) electrons. The molecule has 2 aliphatic heterocycles. The van der Waals surface area contributed by atoms with Gasteiger partial charge in [0.05, 0.1) is 60.3 Å². The van der Waals surface area contributed by atoms with Gasteiger partial charge in [-0.3, -0.25) is 101 Å². The number of carbonyl (C=O) groups is 21. The molecule has 2 saturated heterocycles. The zero-order chi connectivity index (χ0) is 110. The van der Waals surface area contributed by atoms with Crippen LogP contribution in [-0.2, 0) is 126 Å². The summed E-state index contributed by atoms with van der Waals surface area (Å²) in [4.78, 5) is 303. The van der Waals surface area contributed by atoms with Gasteiger partial charge in [0.15, 0.2) is 0 Å². The predicted molar refractivity (Wildman–Crippen MR) is 549 cm³/mol. The molecule has 5 aromatic rings. The lowest BCUT2D eigenvalue weighted by atomic mass is 9.99. The van der Waals surface area contributed by atoms with E-state index in [2.05, 4.69) is 162 Å². The van der Waals surface area contributed by atoms with Gasteiger partial charge in [0, 0.05) is 85.7 Å². The van der Waals surface area contributed by atoms with Crippen molar-refractivity contribution in [1.82, 2.24) is 115 Å². The van der Waals surface area contributed by atoms with E-state index in [0.29, 0.717) is 28.5 Å². The Morgan fingerprint density at radius 1 is 0.477 bits per heavy atom. The van der Waals surface area contributed by atoms with Crippen LogP contribution in [0.5, 0.6) is 5.75 Å². The van der Waals surface area contributed by atoms with Crippen molar-refractivity contribution < 1.29 is 126 Å². The van der Waals surface area contributed by atoms with E-state index in [1.54, 1.807) is 88.5 Å². The lowest BCUT2D eigenvalue weighted by Crippen LogP contribution is -2.62. The molecule has 2 aliphatic rings. The van der Waals surface area contributed by atoms with Crippen LogP contribution in [0.2, 0.25) is 0 Å². The molecule has 17 atom stereocenters. The molecule has 4 heterocycles. The number of nitrogens with two attached hydrogens (primary N) is 3. The number of nitrogens with one attached hydrogen (secondary N) is 19. The fraction of sp³-hybridized carbons (Fsp3) is 0.532. The molecular formula is C94H133Br2N25O26S2. The van der Waals surface area contributed by atoms with Crippen molar-refractivity contribution >= 4 is 192 Å². The summed E-state index contributed by atoms with van der Waals surface area (Å²) in [7, 11) is 0. The fourth-order valence-corrected chi connectivity index (χ4v) is 17.9. The minimum absolute atomic E-state index is 0.00141. The molecule has 30 N–H and O–H groups in total. The number of aromatic amines is 2. The summed E-state index contributed by atoms with van der Waals surface area (Å²) in [6, 6.07) is -5.40. The van der Waals surface area contributed by atoms with E-state index in [-0.39, 0.29) is 128 Å². The second-order valence-electron chi connectivity index (χ2n) is 36.5. The van der Waals surface area contributed by atoms with Crippen LogP contribution in [0.4, 0.5) is 0 Å². The number of aliphatic hydroxyl groups is 3. The topological polar surface area (TPSA) is 793 Å². The van der Waals surface area contributed by atoms with Gasteiger partial charge < -0.3 is 153 Å². The summed E-state index contributed by atoms with van der Waals surface area (Å²) >= 11 is 15.1. The SMILES string of the molecule is CC(C)C[C@H](NC(=O)[C@@H]1CCCN1C(=O)CNC(=O)[C@H](Cc1ccccc1)NC(=O)[C@H](Cc1cnc[nH]1)NC(=O)[C@H](CS)NC(=O)[C@H](CO)NC(=O)[C@H](Cc1cc(Br)c(O)c(Br)c1)NC(=O)[C@@H](NC(=O)CNC(=O)CN)[C@@H](C)O)C(=O)N[C@H](C(=O)N[C@@H](Cc1c[nH]c2ccccc12)C(=O)N[C@H](C(=O)N[C@@H](CS)C(=O)N[C@@H](CCCCN)C(=O)N1CCC[C@H]1C(=O)N[C@@H](CCC(N)=O)C(=O)NCC(=O)NCC(=O)O)C(C)C)[C@@H](C)O. The number of halogens is 2. The van der Waals surface area contributed by atoms with E-state index < -0.39 is 291 Å². The summed E-state index contributed by atoms with van der Waals surface area (Å²) in [6.07, 6.45) is 0.0677. The summed E-state index contributed by atoms with van der Waals surface area (Å²) in [5.74, 6) is -22.5. The van der Waals surface area contributed by atoms with Gasteiger partial charge >= 0.3 is 5.97 Å². The van der Waals surface area contributed by atoms with Crippen LogP contribution < -0.4 is 108 Å². The van der Waals surface area contributed by atoms with E-state index in [9.17, 15) is 116 Å². The van der Waals surface area contributed by atoms with Crippen molar-refractivity contribution in [2.24, 2.45) is 29.0 Å². The Hall–Kier alpha value is -13.5. The largest absolute Gasteiger partial charge is 0.506 e. The molecule has 2 aromatic heterocycles. The molecule has 0 saturated carbocycles. The number of likely N-dealkylation sites (tertiary alicyclic amines) is 2. The van der Waals surface area contributed by atoms with Gasteiger partial charge in [-0.1, -0.05) is 76.2 Å². The molecule has 149 heavy (non-hydrogen) atoms. The number of carboxylic acid groups (broad SMARTS) is 1. The van der Waals surface area contributed by atoms with Crippen molar-refractivity contribution in [1.29, 1.82) is 0 Å². The minimum Gasteiger partial charge on any atom is -0.506 e. The maximum absolute atomic E-state index is 15.0. The zero-order valence-corrected chi connectivity index (χ0v) is 87.7. The Labute approximate surface area is 884 Å². The zero-order valence-electron chi connectivity index (χ0n) is 82.8. The van der Waals surface area contributed by atoms with Crippen LogP contribution in [0.1, 0.15) is 128 Å². The third-order valence-electron chi connectivity index (χ3n) is 24.1. The molecule has 816 valence electrons. The number of benzene rings is 3. The minimum atomic E-state index is -1.90. The average molecular weight is 2250 g/mol. The van der Waals surface area contributed by atoms with Gasteiger partial charge in [-0.15, -0.1) is 0 Å². The molecule has 51 nitrogen and oxygen atoms in total. The van der Waals surface area contributed by atoms with Crippen molar-refractivity contribution in [2.75, 3.05) is 70.5 Å². The van der Waals surface area contributed by atoms with Crippen LogP contribution >= 0.6 is 57.1 Å². The van der Waals surface area contributed by atoms with Crippen molar-refractivity contribution in [3.05, 3.63) is 117 Å². The highest BCUT2D eigenvalue weighted by Gasteiger charge is 2.44. The van der Waals surface area contributed by atoms with Crippen molar-refractivity contribution in [3.63, 3.8) is 0 Å². The van der Waals surface area contributed by atoms with E-state index in [4.69, 9.17) is 22.3 Å². The summed E-state index contributed by atoms with van der Waals surface area (Å²) in [6.45, 7) is 4.58. The monoisotopic (exact) mass is 2250 g/mol. The number of amides is 20. The second kappa shape index (κ2) is 60.9. The van der Waals surface area contributed by atoms with Crippen LogP contribution in [0, 0.1) is 11.8 Å². The van der Waals surface area contributed by atoms with Crippen molar-refractivity contribution in [2.45, 2.75) is 234 Å². The average Bonchev–Trinajstić information content (AvgIpc) is 1.69. The third-order valence-corrected chi connectivity index (χ3v) is 26.0. The smallest absolute Gasteiger partial charge is 0.322 e. The number of aliphatic carboxylic acids is 1. The number of aliphatic hydroxyl groups excluding tert-OH is 3. The number of hydrogen-bond donors (Lipinski definition) is 29. The van der Waals surface area contributed by atoms with Crippen LogP contribution in [0.25, 0.3) is 10.9 Å². The standard InChI is InChI=1S/C94H133Br2N25O26S2/c1-46(2)28-60(84(137)119-78(49(6)124)93(146)113-63(33-52-36-101-57-19-11-10-18-54(52)57)85(138)118-76(47(3)4)91(144)116-67(44-149)87(140)108-59(20-12-13-25-97)94(147)121-27-15-22-69(121)90(143)107-58(23-24-70(99)125)80(133)104-38-72(127)103-41-75(130)131)111-89(142)68-21-14-26-120(68)74(129)40-105-81(134)61(31-50-16-8-7-9-17-50)109-83(136)64(34-53-37-100-45-106-53)110-88(141)66(43-148)115-86(139)65(42-122)114-82(135)62(32-51-29-55(95)79(132)56(96)30-51)112-92(145)77(48(5)123)117-73(128)39-102-71(126)35-98/h7-11,16-19,29-30,36-37,45-49,58-69,76-78,101,122-124,132,148-149H,12-15,20-28,31-35,38-44,97-98H2,1-6H3,(H2,99,125)(H,100,106)(H,102,126)(H,103,127)(H,104,133)(H,105,134)(H,107,143)(H,108,140)(H,109,136)(H,110,141)(H,111,142)(H,112,145)(H,113,146)(H,114,135)(H,115,139)(H,116,144)(H,117,128)(H,118,138)(H,119,137)(H,130,131)/t48-,49-,58+,59+,60+,61+,62+,63+,64+,65+,66+,67+,68+,69+,76+,77+,78+/m1/s1. The van der Waals surface area contributed by atoms with Crippen LogP contribution in [0.3, 0.4) is 0 Å². The number of aromatic hydroxyl groups is 1. The maximum Gasteiger partial charge on any atom is 0.322 e. The molecule has 3 aromatic carbocycles. The Kier molecular flexibility index (Phi) is 50.0. The van der Waals surface area contributed by atoms with E-state index >= 15 is 4.79 Å². The molecular weight excluding hydrogens is 2120 g/mol. The highest BCUT2D eigenvalue weighted by atomic mass is 79.9. The van der Waals surface area contributed by atoms with Gasteiger partial charge in [-0.25, -0.2) is 4.98 Å². The molecule has 0 unspecified atom stereocenters. The Morgan fingerprint density at radius 3 is 1.51 bits per heavy atom. The molecule has 55 heteroatoms. The molecule has 2 fully saturated rings. The van der Waals surface area contributed by atoms with Crippen LogP contribution in [-0.4, -0.2) is 348 Å². The predicted octanol–water partition coefficient (Wildman–Crippen LogP) is -7.11. The lowest BCUT2D eigenvalue weighted by Gasteiger charge is -2.31. The number of fused-ring (bicyclic) bond motifs is 1. The number of phenols is 1. The highest BCUT2D eigenvalue weighted by Crippen LogP contribution is 2.34. The molecule has 0 spiro atoms.